The quantitative estimate of drug-likeness (QED) is 0.215. The third-order valence-corrected chi connectivity index (χ3v) is 6.96. The van der Waals surface area contributed by atoms with E-state index in [1.165, 1.54) is 89.5 Å². The fourth-order valence-electron chi connectivity index (χ4n) is 4.29. The number of hydrogen-bond acceptors (Lipinski definition) is 2. The molecular formula is C26H40O3S. The summed E-state index contributed by atoms with van der Waals surface area (Å²) < 4.78 is 32.7. The number of unbranched alkanes of at least 4 members (excludes halogenated alkanes) is 13. The van der Waals surface area contributed by atoms with Gasteiger partial charge in [-0.2, -0.15) is 8.42 Å². The molecule has 0 aliphatic carbocycles. The maximum absolute atomic E-state index is 11.6. The molecule has 30 heavy (non-hydrogen) atoms. The molecular weight excluding hydrogens is 392 g/mol. The highest BCUT2D eigenvalue weighted by molar-refractivity contribution is 7.86. The van der Waals surface area contributed by atoms with Crippen LogP contribution in [0.1, 0.15) is 102 Å². The van der Waals surface area contributed by atoms with Gasteiger partial charge in [0.25, 0.3) is 10.1 Å². The number of hydrogen-bond donors (Lipinski definition) is 1. The molecule has 0 spiro atoms. The molecule has 0 saturated carbocycles. The van der Waals surface area contributed by atoms with Crippen LogP contribution in [-0.4, -0.2) is 13.0 Å². The standard InChI is InChI=1S/C26H40O3S/c1-2-3-4-5-6-7-8-9-10-11-12-13-14-15-18-23-21-22-26(30(27,28)29)25-20-17-16-19-24(23)25/h16-17,19-22H,2-15,18H2,1H3,(H,27,28,29). The van der Waals surface area contributed by atoms with E-state index in [0.29, 0.717) is 5.39 Å². The first kappa shape index (κ1) is 24.9. The molecule has 0 amide bonds. The van der Waals surface area contributed by atoms with Crippen molar-refractivity contribution in [1.29, 1.82) is 0 Å². The summed E-state index contributed by atoms with van der Waals surface area (Å²) >= 11 is 0. The number of aryl methyl sites for hydroxylation is 1. The Morgan fingerprint density at radius 3 is 1.60 bits per heavy atom. The molecule has 4 heteroatoms. The van der Waals surface area contributed by atoms with Gasteiger partial charge in [-0.3, -0.25) is 4.55 Å². The maximum Gasteiger partial charge on any atom is 0.295 e. The molecule has 0 bridgehead atoms. The Kier molecular flexibility index (Phi) is 11.5. The first-order valence-corrected chi connectivity index (χ1v) is 13.5. The first-order chi connectivity index (χ1) is 14.5. The minimum absolute atomic E-state index is 0.00260. The summed E-state index contributed by atoms with van der Waals surface area (Å²) in [4.78, 5) is 0.00260. The normalized spacial score (nSPS) is 11.9. The predicted molar refractivity (Wildman–Crippen MR) is 128 cm³/mol. The topological polar surface area (TPSA) is 54.4 Å². The van der Waals surface area contributed by atoms with E-state index in [1.54, 1.807) is 6.07 Å². The van der Waals surface area contributed by atoms with Crippen LogP contribution in [0.5, 0.6) is 0 Å². The minimum Gasteiger partial charge on any atom is -0.282 e. The summed E-state index contributed by atoms with van der Waals surface area (Å²) in [6.07, 6.45) is 19.8. The third kappa shape index (κ3) is 8.77. The van der Waals surface area contributed by atoms with E-state index in [4.69, 9.17) is 0 Å². The SMILES string of the molecule is CCCCCCCCCCCCCCCCc1ccc(S(=O)(=O)O)c2ccccc12. The molecule has 2 aromatic rings. The Morgan fingerprint density at radius 2 is 1.10 bits per heavy atom. The maximum atomic E-state index is 11.6. The van der Waals surface area contributed by atoms with Gasteiger partial charge >= 0.3 is 0 Å². The van der Waals surface area contributed by atoms with Crippen LogP contribution in [0.4, 0.5) is 0 Å². The molecule has 0 atom stereocenters. The van der Waals surface area contributed by atoms with Gasteiger partial charge in [0.05, 0.1) is 0 Å². The predicted octanol–water partition coefficient (Wildman–Crippen LogP) is 8.11. The lowest BCUT2D eigenvalue weighted by molar-refractivity contribution is 0.484. The second-order valence-corrected chi connectivity index (χ2v) is 9.98. The molecule has 0 aliphatic rings. The molecule has 0 unspecified atom stereocenters. The van der Waals surface area contributed by atoms with Gasteiger partial charge in [0, 0.05) is 5.39 Å². The zero-order valence-electron chi connectivity index (χ0n) is 18.7. The minimum atomic E-state index is -4.20. The molecule has 0 radical (unpaired) electrons. The Hall–Kier alpha value is -1.39. The molecule has 0 saturated heterocycles. The molecule has 0 heterocycles. The zero-order chi connectivity index (χ0) is 21.7. The van der Waals surface area contributed by atoms with Crippen LogP contribution in [0.25, 0.3) is 10.8 Å². The van der Waals surface area contributed by atoms with Crippen molar-refractivity contribution < 1.29 is 13.0 Å². The molecule has 2 aromatic carbocycles. The molecule has 0 aromatic heterocycles. The largest absolute Gasteiger partial charge is 0.295 e. The van der Waals surface area contributed by atoms with Gasteiger partial charge in [-0.15, -0.1) is 0 Å². The van der Waals surface area contributed by atoms with Crippen molar-refractivity contribution in [2.75, 3.05) is 0 Å². The van der Waals surface area contributed by atoms with Crippen molar-refractivity contribution >= 4 is 20.9 Å². The van der Waals surface area contributed by atoms with Crippen LogP contribution >= 0.6 is 0 Å². The Balaban J connectivity index is 1.60. The van der Waals surface area contributed by atoms with E-state index < -0.39 is 10.1 Å². The van der Waals surface area contributed by atoms with Gasteiger partial charge in [0.15, 0.2) is 0 Å². The highest BCUT2D eigenvalue weighted by atomic mass is 32.2. The summed E-state index contributed by atoms with van der Waals surface area (Å²) in [6.45, 7) is 2.27. The molecule has 0 fully saturated rings. The van der Waals surface area contributed by atoms with Gasteiger partial charge in [-0.25, -0.2) is 0 Å². The van der Waals surface area contributed by atoms with Gasteiger partial charge in [0.1, 0.15) is 4.90 Å². The summed E-state index contributed by atoms with van der Waals surface area (Å²) in [5.74, 6) is 0. The third-order valence-electron chi connectivity index (χ3n) is 6.05. The lowest BCUT2D eigenvalue weighted by Gasteiger charge is -2.10. The van der Waals surface area contributed by atoms with Crippen LogP contribution in [-0.2, 0) is 16.5 Å². The number of benzene rings is 2. The Morgan fingerprint density at radius 1 is 0.633 bits per heavy atom. The van der Waals surface area contributed by atoms with E-state index in [1.807, 2.05) is 24.3 Å². The lowest BCUT2D eigenvalue weighted by Crippen LogP contribution is -2.00. The Bertz CT molecular complexity index is 842. The smallest absolute Gasteiger partial charge is 0.282 e. The highest BCUT2D eigenvalue weighted by Gasteiger charge is 2.15. The van der Waals surface area contributed by atoms with Crippen molar-refractivity contribution in [2.24, 2.45) is 0 Å². The molecule has 1 N–H and O–H groups in total. The number of rotatable bonds is 16. The van der Waals surface area contributed by atoms with E-state index in [-0.39, 0.29) is 4.90 Å². The summed E-state index contributed by atoms with van der Waals surface area (Å²) in [6, 6.07) is 10.8. The van der Waals surface area contributed by atoms with Crippen molar-refractivity contribution in [2.45, 2.75) is 108 Å². The van der Waals surface area contributed by atoms with Gasteiger partial charge < -0.3 is 0 Å². The van der Waals surface area contributed by atoms with Gasteiger partial charge in [-0.1, -0.05) is 121 Å². The average molecular weight is 433 g/mol. The fourth-order valence-corrected chi connectivity index (χ4v) is 4.98. The average Bonchev–Trinajstić information content (AvgIpc) is 2.73. The van der Waals surface area contributed by atoms with Crippen molar-refractivity contribution in [3.05, 3.63) is 42.0 Å². The van der Waals surface area contributed by atoms with E-state index in [2.05, 4.69) is 6.92 Å². The van der Waals surface area contributed by atoms with Crippen molar-refractivity contribution in [1.82, 2.24) is 0 Å². The highest BCUT2D eigenvalue weighted by Crippen LogP contribution is 2.27. The zero-order valence-corrected chi connectivity index (χ0v) is 19.6. The number of fused-ring (bicyclic) bond motifs is 1. The Labute approximate surface area is 184 Å². The fraction of sp³-hybridized carbons (Fsp3) is 0.615. The first-order valence-electron chi connectivity index (χ1n) is 12.0. The van der Waals surface area contributed by atoms with Crippen LogP contribution in [0.3, 0.4) is 0 Å². The second kappa shape index (κ2) is 13.8. The van der Waals surface area contributed by atoms with Crippen LogP contribution in [0.15, 0.2) is 41.3 Å². The summed E-state index contributed by atoms with van der Waals surface area (Å²) in [7, 11) is -4.20. The second-order valence-electron chi connectivity index (χ2n) is 8.59. The van der Waals surface area contributed by atoms with E-state index in [9.17, 15) is 13.0 Å². The van der Waals surface area contributed by atoms with E-state index in [0.717, 1.165) is 23.8 Å². The monoisotopic (exact) mass is 432 g/mol. The lowest BCUT2D eigenvalue weighted by atomic mass is 9.99. The molecule has 2 rings (SSSR count). The molecule has 168 valence electrons. The van der Waals surface area contributed by atoms with Crippen LogP contribution in [0.2, 0.25) is 0 Å². The van der Waals surface area contributed by atoms with Gasteiger partial charge in [-0.05, 0) is 29.9 Å². The van der Waals surface area contributed by atoms with Crippen molar-refractivity contribution in [3.8, 4) is 0 Å². The molecule has 0 aliphatic heterocycles. The van der Waals surface area contributed by atoms with Crippen LogP contribution < -0.4 is 0 Å². The summed E-state index contributed by atoms with van der Waals surface area (Å²) in [5.41, 5.74) is 1.16. The van der Waals surface area contributed by atoms with E-state index >= 15 is 0 Å². The van der Waals surface area contributed by atoms with Gasteiger partial charge in [0.2, 0.25) is 0 Å². The van der Waals surface area contributed by atoms with Crippen LogP contribution in [0, 0.1) is 0 Å². The molecule has 3 nitrogen and oxygen atoms in total. The summed E-state index contributed by atoms with van der Waals surface area (Å²) in [5, 5.41) is 1.55. The van der Waals surface area contributed by atoms with Crippen molar-refractivity contribution in [3.63, 3.8) is 0 Å².